The summed E-state index contributed by atoms with van der Waals surface area (Å²) in [5.74, 6) is -0.303. The van der Waals surface area contributed by atoms with E-state index in [2.05, 4.69) is 16.3 Å². The zero-order valence-corrected chi connectivity index (χ0v) is 21.0. The van der Waals surface area contributed by atoms with E-state index in [0.717, 1.165) is 37.2 Å². The van der Waals surface area contributed by atoms with Crippen molar-refractivity contribution in [1.82, 2.24) is 10.2 Å². The molecule has 4 aromatic carbocycles. The van der Waals surface area contributed by atoms with Crippen LogP contribution in [0.4, 0.5) is 13.2 Å². The van der Waals surface area contributed by atoms with E-state index in [9.17, 15) is 13.2 Å². The molecule has 175 valence electrons. The van der Waals surface area contributed by atoms with E-state index in [-0.39, 0.29) is 31.7 Å². The minimum Gasteiger partial charge on any atom is -0.436 e. The molecule has 0 aliphatic rings. The molecule has 0 unspecified atom stereocenters. The van der Waals surface area contributed by atoms with Crippen LogP contribution in [-0.4, -0.2) is 10.2 Å². The number of nitrogens with zero attached hydrogens (tertiary/aromatic N) is 2. The van der Waals surface area contributed by atoms with Crippen LogP contribution in [0.2, 0.25) is 0 Å². The Balaban J connectivity index is 0.00000253. The second-order valence-corrected chi connectivity index (χ2v) is 8.80. The molecule has 0 saturated heterocycles. The zero-order valence-electron chi connectivity index (χ0n) is 17.8. The first-order valence-electron chi connectivity index (χ1n) is 10.4. The first-order chi connectivity index (χ1) is 16.5. The molecule has 0 bridgehead atoms. The van der Waals surface area contributed by atoms with E-state index in [1.807, 2.05) is 60.7 Å². The summed E-state index contributed by atoms with van der Waals surface area (Å²) in [6.45, 7) is 0. The number of aromatic nitrogens is 2. The van der Waals surface area contributed by atoms with Crippen molar-refractivity contribution >= 4 is 43.0 Å². The Kier molecular flexibility index (Phi) is 6.05. The molecule has 0 saturated carbocycles. The minimum atomic E-state index is -4.56. The van der Waals surface area contributed by atoms with Crippen LogP contribution >= 0.6 is 11.3 Å². The third-order valence-electron chi connectivity index (χ3n) is 5.57. The van der Waals surface area contributed by atoms with Crippen LogP contribution < -0.4 is 4.74 Å². The molecule has 3 nitrogen and oxygen atoms in total. The number of halogens is 3. The summed E-state index contributed by atoms with van der Waals surface area (Å²) < 4.78 is 47.4. The van der Waals surface area contributed by atoms with Crippen LogP contribution in [0.15, 0.2) is 84.9 Å². The van der Waals surface area contributed by atoms with Crippen molar-refractivity contribution < 1.29 is 38.0 Å². The first-order valence-corrected chi connectivity index (χ1v) is 11.2. The number of fused-ring (bicyclic) bond motifs is 3. The number of alkyl halides is 3. The molecular weight excluding hydrogens is 650 g/mol. The molecule has 0 amide bonds. The average molecular weight is 664 g/mol. The van der Waals surface area contributed by atoms with E-state index in [0.29, 0.717) is 11.1 Å². The normalized spacial score (nSPS) is 11.6. The largest absolute Gasteiger partial charge is 0.436 e. The Morgan fingerprint density at radius 2 is 1.43 bits per heavy atom. The second-order valence-electron chi connectivity index (χ2n) is 7.75. The maximum atomic E-state index is 13.5. The molecule has 0 aliphatic carbocycles. The summed E-state index contributed by atoms with van der Waals surface area (Å²) in [4.78, 5) is 0.802. The molecule has 6 aromatic rings. The number of ether oxygens (including phenoxy) is 1. The van der Waals surface area contributed by atoms with Crippen molar-refractivity contribution in [3.05, 3.63) is 96.6 Å². The van der Waals surface area contributed by atoms with Crippen molar-refractivity contribution in [1.29, 1.82) is 0 Å². The smallest absolute Gasteiger partial charge is 0.419 e. The molecule has 8 heteroatoms. The Labute approximate surface area is 215 Å². The van der Waals surface area contributed by atoms with Gasteiger partial charge in [-0.05, 0) is 43.9 Å². The second kappa shape index (κ2) is 9.04. The SMILES string of the molecule is FC(F)(F)c1ccccc1Oc1nnc(-c2[c-]c3ccccc3s2)c2cc3ccccc3cc12.[Ir]. The predicted octanol–water partition coefficient (Wildman–Crippen LogP) is 8.27. The Morgan fingerprint density at radius 3 is 2.17 bits per heavy atom. The van der Waals surface area contributed by atoms with E-state index in [4.69, 9.17) is 4.74 Å². The fraction of sp³-hybridized carbons (Fsp3) is 0.0370. The summed E-state index contributed by atoms with van der Waals surface area (Å²) in [5.41, 5.74) is -0.258. The van der Waals surface area contributed by atoms with Crippen LogP contribution in [0.5, 0.6) is 11.6 Å². The van der Waals surface area contributed by atoms with Crippen LogP contribution in [0.3, 0.4) is 0 Å². The summed E-state index contributed by atoms with van der Waals surface area (Å²) in [6.07, 6.45) is -4.56. The Bertz CT molecular complexity index is 1660. The van der Waals surface area contributed by atoms with Gasteiger partial charge in [-0.2, -0.15) is 18.3 Å². The van der Waals surface area contributed by atoms with Crippen molar-refractivity contribution in [3.63, 3.8) is 0 Å². The number of benzene rings is 4. The van der Waals surface area contributed by atoms with E-state index < -0.39 is 11.7 Å². The summed E-state index contributed by atoms with van der Waals surface area (Å²) >= 11 is 1.54. The molecule has 0 N–H and O–H groups in total. The van der Waals surface area contributed by atoms with Gasteiger partial charge in [0, 0.05) is 31.2 Å². The Hall–Kier alpha value is -3.32. The van der Waals surface area contributed by atoms with Gasteiger partial charge in [-0.1, -0.05) is 54.6 Å². The van der Waals surface area contributed by atoms with Gasteiger partial charge in [0.25, 0.3) is 0 Å². The summed E-state index contributed by atoms with van der Waals surface area (Å²) in [6, 6.07) is 28.0. The number of thiophene rings is 1. The molecule has 1 radical (unpaired) electrons. The molecule has 35 heavy (non-hydrogen) atoms. The molecular formula is C27H14F3IrN2OS-. The summed E-state index contributed by atoms with van der Waals surface area (Å²) in [7, 11) is 0. The van der Waals surface area contributed by atoms with E-state index in [1.165, 1.54) is 29.5 Å². The number of hydrogen-bond acceptors (Lipinski definition) is 4. The van der Waals surface area contributed by atoms with E-state index in [1.54, 1.807) is 0 Å². The zero-order chi connectivity index (χ0) is 23.3. The third kappa shape index (κ3) is 4.29. The van der Waals surface area contributed by atoms with Gasteiger partial charge in [-0.15, -0.1) is 28.7 Å². The maximum absolute atomic E-state index is 13.5. The topological polar surface area (TPSA) is 35.0 Å². The third-order valence-corrected chi connectivity index (χ3v) is 6.65. The van der Waals surface area contributed by atoms with Crippen molar-refractivity contribution in [2.75, 3.05) is 0 Å². The van der Waals surface area contributed by atoms with Crippen molar-refractivity contribution in [3.8, 4) is 22.2 Å². The van der Waals surface area contributed by atoms with Crippen LogP contribution in [0.1, 0.15) is 5.56 Å². The summed E-state index contributed by atoms with van der Waals surface area (Å²) in [5, 5.41) is 12.8. The van der Waals surface area contributed by atoms with Crippen molar-refractivity contribution in [2.45, 2.75) is 6.18 Å². The molecule has 0 spiro atoms. The van der Waals surface area contributed by atoms with Crippen molar-refractivity contribution in [2.24, 2.45) is 0 Å². The van der Waals surface area contributed by atoms with Gasteiger partial charge in [0.2, 0.25) is 5.88 Å². The monoisotopic (exact) mass is 664 g/mol. The van der Waals surface area contributed by atoms with Gasteiger partial charge in [-0.3, -0.25) is 0 Å². The van der Waals surface area contributed by atoms with Gasteiger partial charge < -0.3 is 4.74 Å². The van der Waals surface area contributed by atoms with Gasteiger partial charge in [0.15, 0.2) is 0 Å². The standard InChI is InChI=1S/C27H14F3N2OS.Ir/c28-27(29,30)21-10-4-5-11-22(21)33-26-20-14-17-8-2-1-7-16(17)13-19(20)25(31-32-26)24-15-18-9-3-6-12-23(18)34-24;/h1-14H;/q-1;. The number of rotatable bonds is 3. The molecule has 2 heterocycles. The van der Waals surface area contributed by atoms with Crippen LogP contribution in [-0.2, 0) is 26.3 Å². The van der Waals surface area contributed by atoms with Crippen LogP contribution in [0.25, 0.3) is 42.2 Å². The molecule has 0 aliphatic heterocycles. The maximum Gasteiger partial charge on any atom is 0.419 e. The van der Waals surface area contributed by atoms with Gasteiger partial charge in [0.1, 0.15) is 5.75 Å². The van der Waals surface area contributed by atoms with Gasteiger partial charge in [-0.25, -0.2) is 11.3 Å². The van der Waals surface area contributed by atoms with Gasteiger partial charge >= 0.3 is 6.18 Å². The predicted molar refractivity (Wildman–Crippen MR) is 128 cm³/mol. The molecule has 6 rings (SSSR count). The quantitative estimate of drug-likeness (QED) is 0.141. The number of hydrogen-bond donors (Lipinski definition) is 0. The fourth-order valence-corrected chi connectivity index (χ4v) is 4.98. The van der Waals surface area contributed by atoms with E-state index >= 15 is 0 Å². The molecule has 0 atom stereocenters. The molecule has 2 aromatic heterocycles. The first kappa shape index (κ1) is 23.4. The van der Waals surface area contributed by atoms with Crippen LogP contribution in [0, 0.1) is 6.07 Å². The van der Waals surface area contributed by atoms with Gasteiger partial charge in [0.05, 0.1) is 5.56 Å². The average Bonchev–Trinajstić information content (AvgIpc) is 3.27. The number of para-hydroxylation sites is 1. The fourth-order valence-electron chi connectivity index (χ4n) is 3.98. The Morgan fingerprint density at radius 1 is 0.771 bits per heavy atom. The molecule has 0 fully saturated rings. The minimum absolute atomic E-state index is 0.